The van der Waals surface area contributed by atoms with E-state index in [0.29, 0.717) is 49.5 Å². The van der Waals surface area contributed by atoms with Crippen LogP contribution in [0, 0.1) is 6.92 Å². The Kier molecular flexibility index (Phi) is 5.76. The second kappa shape index (κ2) is 8.19. The van der Waals surface area contributed by atoms with Gasteiger partial charge in [0.1, 0.15) is 11.8 Å². The van der Waals surface area contributed by atoms with Crippen LogP contribution < -0.4 is 10.1 Å². The summed E-state index contributed by atoms with van der Waals surface area (Å²) >= 11 is 0. The summed E-state index contributed by atoms with van der Waals surface area (Å²) in [6.45, 7) is 5.04. The van der Waals surface area contributed by atoms with Crippen LogP contribution in [0.1, 0.15) is 51.0 Å². The van der Waals surface area contributed by atoms with Gasteiger partial charge in [-0.3, -0.25) is 9.59 Å². The predicted octanol–water partition coefficient (Wildman–Crippen LogP) is 2.27. The summed E-state index contributed by atoms with van der Waals surface area (Å²) in [5.41, 5.74) is 0.980. The number of amides is 2. The second-order valence-electron chi connectivity index (χ2n) is 8.38. The average Bonchev–Trinajstić information content (AvgIpc) is 3.05. The molecular weight excluding hydrogens is 406 g/mol. The number of benzene rings is 1. The highest BCUT2D eigenvalue weighted by Crippen LogP contribution is 2.37. The van der Waals surface area contributed by atoms with Crippen molar-refractivity contribution in [1.82, 2.24) is 9.21 Å². The van der Waals surface area contributed by atoms with Gasteiger partial charge in [0.15, 0.2) is 6.10 Å². The molecule has 1 aromatic rings. The third-order valence-corrected chi connectivity index (χ3v) is 8.25. The Balaban J connectivity index is 1.63. The normalized spacial score (nSPS) is 25.3. The van der Waals surface area contributed by atoms with Gasteiger partial charge in [-0.15, -0.1) is 0 Å². The van der Waals surface area contributed by atoms with Crippen LogP contribution in [-0.2, 0) is 19.6 Å². The first kappa shape index (κ1) is 21.1. The summed E-state index contributed by atoms with van der Waals surface area (Å²) in [4.78, 5) is 27.0. The number of anilines is 1. The van der Waals surface area contributed by atoms with Crippen LogP contribution in [0.3, 0.4) is 0 Å². The molecule has 0 radical (unpaired) electrons. The number of hydrogen-bond acceptors (Lipinski definition) is 5. The predicted molar refractivity (Wildman–Crippen MR) is 112 cm³/mol. The molecule has 8 nitrogen and oxygen atoms in total. The molecule has 30 heavy (non-hydrogen) atoms. The maximum atomic E-state index is 13.6. The van der Waals surface area contributed by atoms with Crippen molar-refractivity contribution in [2.24, 2.45) is 0 Å². The minimum absolute atomic E-state index is 0.0780. The molecule has 0 aliphatic carbocycles. The van der Waals surface area contributed by atoms with Crippen molar-refractivity contribution in [1.29, 1.82) is 0 Å². The highest BCUT2D eigenvalue weighted by atomic mass is 32.2. The van der Waals surface area contributed by atoms with Crippen molar-refractivity contribution in [3.05, 3.63) is 17.7 Å². The minimum atomic E-state index is -3.88. The van der Waals surface area contributed by atoms with Gasteiger partial charge in [-0.2, -0.15) is 4.31 Å². The average molecular weight is 436 g/mol. The van der Waals surface area contributed by atoms with E-state index >= 15 is 0 Å². The van der Waals surface area contributed by atoms with Gasteiger partial charge in [0.25, 0.3) is 5.91 Å². The zero-order chi connectivity index (χ0) is 21.5. The number of carbonyl (C=O) groups excluding carboxylic acids is 2. The molecule has 0 saturated carbocycles. The number of carbonyl (C=O) groups is 2. The second-order valence-corrected chi connectivity index (χ2v) is 10.2. The summed E-state index contributed by atoms with van der Waals surface area (Å²) < 4.78 is 34.1. The van der Waals surface area contributed by atoms with Crippen LogP contribution in [0.15, 0.2) is 17.0 Å². The van der Waals surface area contributed by atoms with E-state index in [2.05, 4.69) is 5.32 Å². The molecule has 3 heterocycles. The lowest BCUT2D eigenvalue weighted by molar-refractivity contribution is -0.134. The Labute approximate surface area is 177 Å². The maximum absolute atomic E-state index is 13.6. The molecule has 0 spiro atoms. The first-order valence-electron chi connectivity index (χ1n) is 10.7. The molecule has 2 fully saturated rings. The fraction of sp³-hybridized carbons (Fsp3) is 0.619. The van der Waals surface area contributed by atoms with Crippen LogP contribution in [0.2, 0.25) is 0 Å². The van der Waals surface area contributed by atoms with Gasteiger partial charge in [-0.1, -0.05) is 12.8 Å². The Morgan fingerprint density at radius 1 is 1.10 bits per heavy atom. The fourth-order valence-corrected chi connectivity index (χ4v) is 6.40. The summed E-state index contributed by atoms with van der Waals surface area (Å²) in [5.74, 6) is -0.00764. The van der Waals surface area contributed by atoms with Crippen molar-refractivity contribution in [2.75, 3.05) is 25.0 Å². The summed E-state index contributed by atoms with van der Waals surface area (Å²) in [7, 11) is -3.88. The molecule has 3 aliphatic rings. The van der Waals surface area contributed by atoms with Gasteiger partial charge in [0, 0.05) is 25.7 Å². The van der Waals surface area contributed by atoms with Gasteiger partial charge < -0.3 is 15.0 Å². The Morgan fingerprint density at radius 3 is 2.50 bits per heavy atom. The Morgan fingerprint density at radius 2 is 1.80 bits per heavy atom. The van der Waals surface area contributed by atoms with Crippen LogP contribution in [-0.4, -0.2) is 61.2 Å². The van der Waals surface area contributed by atoms with Crippen molar-refractivity contribution < 1.29 is 22.7 Å². The van der Waals surface area contributed by atoms with Crippen molar-refractivity contribution in [3.8, 4) is 5.75 Å². The van der Waals surface area contributed by atoms with Gasteiger partial charge >= 0.3 is 0 Å². The molecule has 0 unspecified atom stereocenters. The van der Waals surface area contributed by atoms with E-state index in [0.717, 1.165) is 25.7 Å². The smallest absolute Gasteiger partial charge is 0.265 e. The quantitative estimate of drug-likeness (QED) is 0.786. The first-order chi connectivity index (χ1) is 14.3. The maximum Gasteiger partial charge on any atom is 0.265 e. The number of rotatable bonds is 3. The van der Waals surface area contributed by atoms with Gasteiger partial charge in [-0.05, 0) is 51.2 Å². The van der Waals surface area contributed by atoms with Gasteiger partial charge in [-0.25, -0.2) is 8.42 Å². The molecule has 4 rings (SSSR count). The van der Waals surface area contributed by atoms with Gasteiger partial charge in [0.2, 0.25) is 15.9 Å². The standard InChI is InChI=1S/C21H29N3O5S/c1-14-12-16-18(29-15(2)20(25)22-16)13-19(14)30(27,28)24-11-7-8-17(24)21(26)23-9-5-3-4-6-10-23/h12-13,15,17H,3-11H2,1-2H3,(H,22,25)/t15-,17-/m1/s1. The van der Waals surface area contributed by atoms with Crippen molar-refractivity contribution in [2.45, 2.75) is 69.4 Å². The van der Waals surface area contributed by atoms with Crippen molar-refractivity contribution >= 4 is 27.5 Å². The molecule has 1 aromatic carbocycles. The minimum Gasteiger partial charge on any atom is -0.479 e. The largest absolute Gasteiger partial charge is 0.479 e. The van der Waals surface area contributed by atoms with E-state index in [1.807, 2.05) is 4.90 Å². The topological polar surface area (TPSA) is 96.0 Å². The number of nitrogens with zero attached hydrogens (tertiary/aromatic N) is 2. The van der Waals surface area contributed by atoms with E-state index < -0.39 is 22.2 Å². The van der Waals surface area contributed by atoms with Crippen LogP contribution in [0.5, 0.6) is 5.75 Å². The number of fused-ring (bicyclic) bond motifs is 1. The molecule has 0 bridgehead atoms. The zero-order valence-electron chi connectivity index (χ0n) is 17.5. The van der Waals surface area contributed by atoms with Gasteiger partial charge in [0.05, 0.1) is 10.6 Å². The molecular formula is C21H29N3O5S. The van der Waals surface area contributed by atoms with E-state index in [-0.39, 0.29) is 16.7 Å². The number of hydrogen-bond donors (Lipinski definition) is 1. The zero-order valence-corrected chi connectivity index (χ0v) is 18.3. The number of likely N-dealkylation sites (tertiary alicyclic amines) is 1. The molecule has 3 aliphatic heterocycles. The highest BCUT2D eigenvalue weighted by Gasteiger charge is 2.42. The monoisotopic (exact) mass is 435 g/mol. The summed E-state index contributed by atoms with van der Waals surface area (Å²) in [6.07, 6.45) is 4.67. The van der Waals surface area contributed by atoms with Crippen LogP contribution in [0.4, 0.5) is 5.69 Å². The SMILES string of the molecule is Cc1cc2c(cc1S(=O)(=O)N1CCC[C@@H]1C(=O)N1CCCCCC1)O[C@H](C)C(=O)N2. The van der Waals surface area contributed by atoms with E-state index in [1.165, 1.54) is 10.4 Å². The molecule has 0 aromatic heterocycles. The molecule has 1 N–H and O–H groups in total. The number of nitrogens with one attached hydrogen (secondary N) is 1. The lowest BCUT2D eigenvalue weighted by atomic mass is 10.1. The molecule has 9 heteroatoms. The number of aryl methyl sites for hydroxylation is 1. The lowest BCUT2D eigenvalue weighted by Gasteiger charge is -2.30. The molecule has 164 valence electrons. The summed E-state index contributed by atoms with van der Waals surface area (Å²) in [6, 6.07) is 2.44. The Bertz CT molecular complexity index is 954. The number of sulfonamides is 1. The summed E-state index contributed by atoms with van der Waals surface area (Å²) in [5, 5.41) is 2.74. The number of ether oxygens (including phenoxy) is 1. The third-order valence-electron chi connectivity index (χ3n) is 6.20. The highest BCUT2D eigenvalue weighted by molar-refractivity contribution is 7.89. The van der Waals surface area contributed by atoms with E-state index in [9.17, 15) is 18.0 Å². The van der Waals surface area contributed by atoms with Crippen molar-refractivity contribution in [3.63, 3.8) is 0 Å². The Hall–Kier alpha value is -2.13. The van der Waals surface area contributed by atoms with E-state index in [1.54, 1.807) is 19.9 Å². The molecule has 2 amide bonds. The first-order valence-corrected chi connectivity index (χ1v) is 12.2. The fourth-order valence-electron chi connectivity index (χ4n) is 4.52. The lowest BCUT2D eigenvalue weighted by Crippen LogP contribution is -2.48. The van der Waals surface area contributed by atoms with Crippen LogP contribution >= 0.6 is 0 Å². The third kappa shape index (κ3) is 3.80. The molecule has 2 atom stereocenters. The molecule has 2 saturated heterocycles. The van der Waals surface area contributed by atoms with E-state index in [4.69, 9.17) is 4.74 Å². The van der Waals surface area contributed by atoms with Crippen LogP contribution in [0.25, 0.3) is 0 Å².